The van der Waals surface area contributed by atoms with Crippen LogP contribution in [0.3, 0.4) is 0 Å². The summed E-state index contributed by atoms with van der Waals surface area (Å²) in [6.45, 7) is 15.1. The van der Waals surface area contributed by atoms with Crippen molar-refractivity contribution in [2.24, 2.45) is 0 Å². The SMILES string of the molecule is C[Si]C.Cc1cc2c(C)ccc(C)c2[cH-]1.Cc1cc2c([cH-]c3sc(C)cc32)s1.[Cl-].[Cl-].[Zr+4]. The Balaban J connectivity index is 0.000000477. The molecule has 3 aromatic carbocycles. The Hall–Kier alpha value is -0.220. The first-order valence-electron chi connectivity index (χ1n) is 9.61. The second-order valence-corrected chi connectivity index (χ2v) is 11.0. The van der Waals surface area contributed by atoms with Gasteiger partial charge in [-0.1, -0.05) is 48.0 Å². The molecule has 0 unspecified atom stereocenters. The first-order chi connectivity index (χ1) is 13.3. The molecule has 162 valence electrons. The smallest absolute Gasteiger partial charge is 1.00 e. The Morgan fingerprint density at radius 1 is 0.677 bits per heavy atom. The number of hydrogen-bond donors (Lipinski definition) is 0. The zero-order valence-electron chi connectivity index (χ0n) is 19.1. The van der Waals surface area contributed by atoms with Gasteiger partial charge in [0, 0.05) is 9.52 Å². The van der Waals surface area contributed by atoms with Crippen LogP contribution in [0.15, 0.2) is 42.5 Å². The van der Waals surface area contributed by atoms with Gasteiger partial charge in [0.25, 0.3) is 0 Å². The fourth-order valence-electron chi connectivity index (χ4n) is 3.55. The molecule has 0 aliphatic rings. The average Bonchev–Trinajstić information content (AvgIpc) is 3.34. The predicted molar refractivity (Wildman–Crippen MR) is 134 cm³/mol. The second kappa shape index (κ2) is 13.5. The molecule has 0 saturated carbocycles. The molecule has 0 saturated heterocycles. The first kappa shape index (κ1) is 30.8. The van der Waals surface area contributed by atoms with Crippen molar-refractivity contribution in [1.29, 1.82) is 0 Å². The number of fused-ring (bicyclic) bond motifs is 4. The summed E-state index contributed by atoms with van der Waals surface area (Å²) in [4.78, 5) is 2.83. The van der Waals surface area contributed by atoms with Crippen molar-refractivity contribution < 1.29 is 51.0 Å². The summed E-state index contributed by atoms with van der Waals surface area (Å²) >= 11 is 3.79. The van der Waals surface area contributed by atoms with Crippen molar-refractivity contribution in [3.05, 3.63) is 68.9 Å². The largest absolute Gasteiger partial charge is 4.00 e. The third kappa shape index (κ3) is 7.13. The Labute approximate surface area is 228 Å². The number of halogens is 2. The molecule has 0 bridgehead atoms. The van der Waals surface area contributed by atoms with E-state index in [1.807, 2.05) is 22.7 Å². The zero-order valence-corrected chi connectivity index (χ0v) is 25.7. The molecule has 2 aromatic heterocycles. The van der Waals surface area contributed by atoms with Gasteiger partial charge in [-0.15, -0.1) is 52.2 Å². The monoisotopic (exact) mass is 580 g/mol. The summed E-state index contributed by atoms with van der Waals surface area (Å²) in [5, 5.41) is 5.71. The molecule has 31 heavy (non-hydrogen) atoms. The molecule has 0 aliphatic carbocycles. The summed E-state index contributed by atoms with van der Waals surface area (Å²) in [5.74, 6) is 0. The molecule has 0 atom stereocenters. The van der Waals surface area contributed by atoms with E-state index >= 15 is 0 Å². The van der Waals surface area contributed by atoms with E-state index in [1.165, 1.54) is 57.4 Å². The van der Waals surface area contributed by atoms with E-state index in [0.29, 0.717) is 0 Å². The van der Waals surface area contributed by atoms with Gasteiger partial charge in [-0.3, -0.25) is 0 Å². The Morgan fingerprint density at radius 2 is 1.13 bits per heavy atom. The molecular formula is C25H28Cl2S2SiZr. The Morgan fingerprint density at radius 3 is 1.58 bits per heavy atom. The van der Waals surface area contributed by atoms with E-state index in [1.54, 1.807) is 0 Å². The van der Waals surface area contributed by atoms with Gasteiger partial charge in [0.05, 0.1) is 0 Å². The molecule has 0 N–H and O–H groups in total. The van der Waals surface area contributed by atoms with Crippen LogP contribution >= 0.6 is 22.7 Å². The average molecular weight is 583 g/mol. The number of hydrogen-bond acceptors (Lipinski definition) is 2. The number of aryl methyl sites for hydroxylation is 5. The minimum atomic E-state index is 0. The van der Waals surface area contributed by atoms with Gasteiger partial charge >= 0.3 is 26.2 Å². The second-order valence-electron chi connectivity index (χ2n) is 7.47. The third-order valence-corrected chi connectivity index (χ3v) is 6.78. The van der Waals surface area contributed by atoms with Gasteiger partial charge in [-0.25, -0.2) is 0 Å². The minimum Gasteiger partial charge on any atom is -1.00 e. The van der Waals surface area contributed by atoms with Crippen molar-refractivity contribution >= 4 is 63.1 Å². The molecule has 6 heteroatoms. The molecule has 0 nitrogen and oxygen atoms in total. The molecule has 0 aliphatic heterocycles. The fraction of sp³-hybridized carbons (Fsp3) is 0.280. The summed E-state index contributed by atoms with van der Waals surface area (Å²) in [6.07, 6.45) is 0. The van der Waals surface area contributed by atoms with Crippen LogP contribution < -0.4 is 24.8 Å². The molecular weight excluding hydrogens is 555 g/mol. The molecule has 0 amide bonds. The van der Waals surface area contributed by atoms with Crippen LogP contribution in [0.4, 0.5) is 0 Å². The third-order valence-electron chi connectivity index (χ3n) is 4.79. The van der Waals surface area contributed by atoms with E-state index in [0.717, 1.165) is 9.52 Å². The molecule has 0 spiro atoms. The number of rotatable bonds is 0. The minimum absolute atomic E-state index is 0. The number of benzene rings is 1. The van der Waals surface area contributed by atoms with E-state index in [-0.39, 0.29) is 51.0 Å². The van der Waals surface area contributed by atoms with Crippen LogP contribution in [0.1, 0.15) is 26.4 Å². The van der Waals surface area contributed by atoms with Gasteiger partial charge in [-0.2, -0.15) is 39.5 Å². The summed E-state index contributed by atoms with van der Waals surface area (Å²) in [7, 11) is 1.08. The standard InChI is InChI=1S/C12H13.C11H9S2.C2H6Si.2ClH.Zr/c1-8-6-11-9(2)4-5-10(3)12(11)7-8;1-6-3-8-9-4-7(2)13-11(9)5-10(8)12-6;1-3-2;;;/h4-7H,1-3H3;3-5H,1-2H3;1-2H3;2*1H;/q2*-1;;;;+4/p-2. The van der Waals surface area contributed by atoms with Gasteiger partial charge in [-0.05, 0) is 30.5 Å². The normalized spacial score (nSPS) is 9.77. The van der Waals surface area contributed by atoms with E-state index in [2.05, 4.69) is 90.2 Å². The molecule has 0 fully saturated rings. The maximum absolute atomic E-state index is 2.32. The van der Waals surface area contributed by atoms with E-state index < -0.39 is 0 Å². The maximum Gasteiger partial charge on any atom is 4.00 e. The fourth-order valence-corrected chi connectivity index (χ4v) is 5.59. The van der Waals surface area contributed by atoms with Crippen molar-refractivity contribution in [1.82, 2.24) is 0 Å². The maximum atomic E-state index is 2.32. The summed E-state index contributed by atoms with van der Waals surface area (Å²) in [5.41, 5.74) is 4.12. The number of thiophene rings is 2. The van der Waals surface area contributed by atoms with Gasteiger partial charge in [0.15, 0.2) is 0 Å². The van der Waals surface area contributed by atoms with Crippen LogP contribution in [-0.4, -0.2) is 9.52 Å². The zero-order chi connectivity index (χ0) is 20.4. The Bertz CT molecular complexity index is 1140. The van der Waals surface area contributed by atoms with Crippen LogP contribution in [0.2, 0.25) is 13.1 Å². The first-order valence-corrected chi connectivity index (χ1v) is 13.2. The quantitative estimate of drug-likeness (QED) is 0.195. The van der Waals surface area contributed by atoms with Crippen molar-refractivity contribution in [3.63, 3.8) is 0 Å². The van der Waals surface area contributed by atoms with Gasteiger partial charge < -0.3 is 24.8 Å². The van der Waals surface area contributed by atoms with Crippen LogP contribution in [-0.2, 0) is 26.2 Å². The van der Waals surface area contributed by atoms with Crippen LogP contribution in [0.5, 0.6) is 0 Å². The summed E-state index contributed by atoms with van der Waals surface area (Å²) in [6, 6.07) is 15.8. The van der Waals surface area contributed by atoms with E-state index in [9.17, 15) is 0 Å². The molecule has 2 radical (unpaired) electrons. The van der Waals surface area contributed by atoms with E-state index in [4.69, 9.17) is 0 Å². The van der Waals surface area contributed by atoms with Crippen molar-refractivity contribution in [2.45, 2.75) is 47.7 Å². The van der Waals surface area contributed by atoms with Gasteiger partial charge in [0.1, 0.15) is 0 Å². The van der Waals surface area contributed by atoms with Crippen LogP contribution in [0, 0.1) is 34.6 Å². The molecule has 5 aromatic rings. The van der Waals surface area contributed by atoms with Crippen molar-refractivity contribution in [3.8, 4) is 0 Å². The predicted octanol–water partition coefficient (Wildman–Crippen LogP) is 2.73. The topological polar surface area (TPSA) is 0 Å². The molecule has 5 rings (SSSR count). The molecule has 2 heterocycles. The van der Waals surface area contributed by atoms with Crippen LogP contribution in [0.25, 0.3) is 30.9 Å². The van der Waals surface area contributed by atoms with Gasteiger partial charge in [0.2, 0.25) is 0 Å². The Kier molecular flexibility index (Phi) is 13.4. The summed E-state index contributed by atoms with van der Waals surface area (Å²) < 4.78 is 2.89. The van der Waals surface area contributed by atoms with Crippen molar-refractivity contribution in [2.75, 3.05) is 0 Å².